The van der Waals surface area contributed by atoms with Crippen molar-refractivity contribution in [3.05, 3.63) is 130 Å². The maximum absolute atomic E-state index is 12.4. The van der Waals surface area contributed by atoms with Gasteiger partial charge < -0.3 is 75.2 Å². The van der Waals surface area contributed by atoms with E-state index in [-0.39, 0.29) is 10.9 Å². The van der Waals surface area contributed by atoms with Crippen molar-refractivity contribution in [3.63, 3.8) is 0 Å². The molecule has 0 saturated heterocycles. The van der Waals surface area contributed by atoms with Gasteiger partial charge in [0.15, 0.2) is 10.9 Å². The fraction of sp³-hybridized carbons (Fsp3) is 0.464. The molecule has 2 heterocycles. The van der Waals surface area contributed by atoms with E-state index in [1.165, 1.54) is 12.1 Å². The van der Waals surface area contributed by atoms with Crippen molar-refractivity contribution < 1.29 is 75.2 Å². The van der Waals surface area contributed by atoms with Crippen LogP contribution in [0.2, 0.25) is 0 Å². The molecule has 0 saturated carbocycles. The number of benzene rings is 4. The van der Waals surface area contributed by atoms with Crippen LogP contribution in [0.15, 0.2) is 128 Å². The molecule has 74 heavy (non-hydrogen) atoms. The van der Waals surface area contributed by atoms with Crippen LogP contribution in [0.5, 0.6) is 11.5 Å². The number of hydrogen-bond donors (Lipinski definition) is 0. The lowest BCUT2D eigenvalue weighted by Gasteiger charge is -2.09. The van der Waals surface area contributed by atoms with Crippen molar-refractivity contribution in [1.82, 2.24) is 0 Å². The van der Waals surface area contributed by atoms with Crippen LogP contribution in [0, 0.1) is 0 Å². The second-order valence-corrected chi connectivity index (χ2v) is 16.0. The number of ether oxygens (including phenoxy) is 14. The van der Waals surface area contributed by atoms with Crippen LogP contribution in [-0.2, 0) is 56.8 Å². The van der Waals surface area contributed by atoms with Crippen molar-refractivity contribution >= 4 is 21.9 Å². The average Bonchev–Trinajstić information content (AvgIpc) is 3.43. The fourth-order valence-electron chi connectivity index (χ4n) is 6.88. The summed E-state index contributed by atoms with van der Waals surface area (Å²) in [6, 6.07) is 32.2. The minimum atomic E-state index is -0.0737. The molecule has 18 nitrogen and oxygen atoms in total. The molecular weight excluding hydrogens is 961 g/mol. The van der Waals surface area contributed by atoms with E-state index >= 15 is 0 Å². The molecule has 0 unspecified atom stereocenters. The Morgan fingerprint density at radius 2 is 0.500 bits per heavy atom. The molecule has 0 aliphatic rings. The molecule has 0 aliphatic carbocycles. The fourth-order valence-corrected chi connectivity index (χ4v) is 6.88. The van der Waals surface area contributed by atoms with E-state index in [2.05, 4.69) is 0 Å². The highest BCUT2D eigenvalue weighted by atomic mass is 16.6. The number of hydrogen-bond acceptors (Lipinski definition) is 18. The predicted molar refractivity (Wildman–Crippen MR) is 277 cm³/mol. The topological polar surface area (TPSA) is 190 Å². The standard InChI is InChI=1S/C56H70O18/c57-51-43-55(73-53-7-3-1-5-49(51)53)45-9-13-47(14-10-45)71-41-39-69-37-35-67-33-31-65-29-27-63-25-23-61-21-19-59-17-18-60-20-22-62-24-26-64-28-30-66-32-34-68-36-38-70-40-42-72-48-15-11-46(12-16-48)56-44-52(58)50-6-2-4-8-54(50)74-56/h1-16,43-44H,17-42H2. The van der Waals surface area contributed by atoms with Crippen LogP contribution in [0.25, 0.3) is 44.6 Å². The molecule has 0 fully saturated rings. The van der Waals surface area contributed by atoms with Crippen molar-refractivity contribution in [1.29, 1.82) is 0 Å². The summed E-state index contributed by atoms with van der Waals surface area (Å²) in [5, 5.41) is 1.12. The molecular formula is C56H70O18. The zero-order chi connectivity index (χ0) is 51.4. The molecule has 402 valence electrons. The lowest BCUT2D eigenvalue weighted by Crippen LogP contribution is -2.15. The van der Waals surface area contributed by atoms with Gasteiger partial charge in [-0.15, -0.1) is 0 Å². The van der Waals surface area contributed by atoms with Gasteiger partial charge in [0.05, 0.1) is 169 Å². The molecule has 2 aromatic heterocycles. The maximum atomic E-state index is 12.4. The molecule has 0 radical (unpaired) electrons. The Morgan fingerprint density at radius 3 is 0.757 bits per heavy atom. The van der Waals surface area contributed by atoms with Crippen LogP contribution < -0.4 is 20.3 Å². The van der Waals surface area contributed by atoms with Gasteiger partial charge in [-0.1, -0.05) is 24.3 Å². The van der Waals surface area contributed by atoms with Crippen LogP contribution in [0.3, 0.4) is 0 Å². The van der Waals surface area contributed by atoms with Gasteiger partial charge in [0.2, 0.25) is 0 Å². The van der Waals surface area contributed by atoms with E-state index in [9.17, 15) is 9.59 Å². The maximum Gasteiger partial charge on any atom is 0.193 e. The Morgan fingerprint density at radius 1 is 0.270 bits per heavy atom. The molecule has 0 amide bonds. The third-order valence-corrected chi connectivity index (χ3v) is 10.6. The van der Waals surface area contributed by atoms with E-state index in [0.29, 0.717) is 217 Å². The monoisotopic (exact) mass is 1030 g/mol. The van der Waals surface area contributed by atoms with E-state index in [0.717, 1.165) is 11.1 Å². The second kappa shape index (κ2) is 36.4. The molecule has 0 atom stereocenters. The summed E-state index contributed by atoms with van der Waals surface area (Å²) in [6.07, 6.45) is 0. The Balaban J connectivity index is 0.583. The summed E-state index contributed by atoms with van der Waals surface area (Å²) in [5.74, 6) is 2.42. The van der Waals surface area contributed by atoms with Gasteiger partial charge in [0.1, 0.15) is 47.4 Å². The highest BCUT2D eigenvalue weighted by Crippen LogP contribution is 2.26. The summed E-state index contributed by atoms with van der Waals surface area (Å²) in [4.78, 5) is 24.8. The van der Waals surface area contributed by atoms with Crippen molar-refractivity contribution in [2.45, 2.75) is 0 Å². The van der Waals surface area contributed by atoms with E-state index in [1.807, 2.05) is 72.8 Å². The van der Waals surface area contributed by atoms with Crippen LogP contribution in [0.1, 0.15) is 0 Å². The van der Waals surface area contributed by atoms with E-state index < -0.39 is 0 Å². The first-order valence-corrected chi connectivity index (χ1v) is 25.1. The first kappa shape index (κ1) is 57.7. The largest absolute Gasteiger partial charge is 0.491 e. The van der Waals surface area contributed by atoms with Gasteiger partial charge in [0, 0.05) is 23.3 Å². The van der Waals surface area contributed by atoms with E-state index in [1.54, 1.807) is 24.3 Å². The SMILES string of the molecule is O=c1cc(-c2ccc(OCCOCCOCCOCCOCCOCCOCCOCCOCCOCCOCCOCCOCCOc3ccc(-c4cc(=O)c5ccccc5o4)cc3)cc2)oc2ccccc12. The van der Waals surface area contributed by atoms with Crippen LogP contribution in [-0.4, -0.2) is 172 Å². The zero-order valence-electron chi connectivity index (χ0n) is 42.1. The lowest BCUT2D eigenvalue weighted by atomic mass is 10.1. The molecule has 6 rings (SSSR count). The average molecular weight is 1030 g/mol. The summed E-state index contributed by atoms with van der Waals surface area (Å²) >= 11 is 0. The summed E-state index contributed by atoms with van der Waals surface area (Å²) in [6.45, 7) is 12.0. The Hall–Kier alpha value is -5.58. The van der Waals surface area contributed by atoms with Crippen LogP contribution >= 0.6 is 0 Å². The zero-order valence-corrected chi connectivity index (χ0v) is 42.1. The lowest BCUT2D eigenvalue weighted by molar-refractivity contribution is -0.0287. The molecule has 6 aromatic rings. The number of fused-ring (bicyclic) bond motifs is 2. The third kappa shape index (κ3) is 22.9. The number of para-hydroxylation sites is 2. The summed E-state index contributed by atoms with van der Waals surface area (Å²) in [7, 11) is 0. The molecule has 4 aromatic carbocycles. The Labute approximate surface area is 431 Å². The molecule has 0 N–H and O–H groups in total. The van der Waals surface area contributed by atoms with Crippen molar-refractivity contribution in [2.24, 2.45) is 0 Å². The number of rotatable bonds is 43. The smallest absolute Gasteiger partial charge is 0.193 e. The van der Waals surface area contributed by atoms with Gasteiger partial charge in [-0.3, -0.25) is 9.59 Å². The molecule has 0 spiro atoms. The van der Waals surface area contributed by atoms with Gasteiger partial charge in [-0.2, -0.15) is 0 Å². The highest BCUT2D eigenvalue weighted by Gasteiger charge is 2.09. The van der Waals surface area contributed by atoms with E-state index in [4.69, 9.17) is 75.2 Å². The van der Waals surface area contributed by atoms with Gasteiger partial charge >= 0.3 is 0 Å². The quantitative estimate of drug-likeness (QED) is 0.0360. The third-order valence-electron chi connectivity index (χ3n) is 10.6. The van der Waals surface area contributed by atoms with Crippen molar-refractivity contribution in [2.75, 3.05) is 172 Å². The molecule has 0 aliphatic heterocycles. The molecule has 0 bridgehead atoms. The minimum absolute atomic E-state index is 0.0737. The van der Waals surface area contributed by atoms with Crippen molar-refractivity contribution in [3.8, 4) is 34.1 Å². The Kier molecular flexibility index (Phi) is 28.4. The normalized spacial score (nSPS) is 11.5. The van der Waals surface area contributed by atoms with Gasteiger partial charge in [-0.05, 0) is 72.8 Å². The Bertz CT molecular complexity index is 2340. The van der Waals surface area contributed by atoms with Gasteiger partial charge in [0.25, 0.3) is 0 Å². The highest BCUT2D eigenvalue weighted by molar-refractivity contribution is 5.79. The first-order chi connectivity index (χ1) is 36.6. The predicted octanol–water partition coefficient (Wildman–Crippen LogP) is 6.89. The first-order valence-electron chi connectivity index (χ1n) is 25.1. The molecule has 18 heteroatoms. The second-order valence-electron chi connectivity index (χ2n) is 16.0. The van der Waals surface area contributed by atoms with Crippen LogP contribution in [0.4, 0.5) is 0 Å². The van der Waals surface area contributed by atoms with Gasteiger partial charge in [-0.25, -0.2) is 0 Å². The summed E-state index contributed by atoms with van der Waals surface area (Å²) in [5.41, 5.74) is 2.56. The minimum Gasteiger partial charge on any atom is -0.491 e. The summed E-state index contributed by atoms with van der Waals surface area (Å²) < 4.78 is 89.8.